The van der Waals surface area contributed by atoms with Gasteiger partial charge in [0.05, 0.1) is 11.0 Å². The fourth-order valence-electron chi connectivity index (χ4n) is 3.00. The molecule has 1 N–H and O–H groups in total. The third-order valence-corrected chi connectivity index (χ3v) is 4.32. The monoisotopic (exact) mass is 319 g/mol. The zero-order valence-electron chi connectivity index (χ0n) is 14.0. The van der Waals surface area contributed by atoms with Crippen LogP contribution in [0.15, 0.2) is 48.5 Å². The molecule has 2 aromatic carbocycles. The van der Waals surface area contributed by atoms with Crippen LogP contribution in [0, 0.1) is 5.92 Å². The van der Waals surface area contributed by atoms with Crippen molar-refractivity contribution in [3.8, 4) is 0 Å². The Morgan fingerprint density at radius 1 is 0.875 bits per heavy atom. The molecule has 4 rings (SSSR count). The molecular formula is C19H21N5. The van der Waals surface area contributed by atoms with Gasteiger partial charge in [-0.25, -0.2) is 4.98 Å². The van der Waals surface area contributed by atoms with E-state index in [1.807, 2.05) is 47.3 Å². The van der Waals surface area contributed by atoms with Crippen molar-refractivity contribution >= 4 is 22.1 Å². The van der Waals surface area contributed by atoms with Gasteiger partial charge in [-0.1, -0.05) is 38.1 Å². The highest BCUT2D eigenvalue weighted by molar-refractivity contribution is 5.75. The van der Waals surface area contributed by atoms with Gasteiger partial charge in [-0.05, 0) is 43.0 Å². The third-order valence-electron chi connectivity index (χ3n) is 4.32. The molecular weight excluding hydrogens is 298 g/mol. The molecule has 0 aliphatic rings. The van der Waals surface area contributed by atoms with Crippen LogP contribution in [0.5, 0.6) is 0 Å². The molecule has 0 saturated carbocycles. The summed E-state index contributed by atoms with van der Waals surface area (Å²) in [6, 6.07) is 16.1. The number of hydrogen-bond acceptors (Lipinski definition) is 3. The highest BCUT2D eigenvalue weighted by atomic mass is 15.5. The number of hydrogen-bond donors (Lipinski definition) is 1. The minimum Gasteiger partial charge on any atom is -0.340 e. The molecule has 1 unspecified atom stereocenters. The Kier molecular flexibility index (Phi) is 3.76. The lowest BCUT2D eigenvalue weighted by Crippen LogP contribution is -2.16. The number of fused-ring (bicyclic) bond motifs is 2. The molecule has 0 spiro atoms. The molecule has 1 atom stereocenters. The van der Waals surface area contributed by atoms with Crippen molar-refractivity contribution in [1.82, 2.24) is 25.0 Å². The Morgan fingerprint density at radius 2 is 1.50 bits per heavy atom. The first-order chi connectivity index (χ1) is 11.7. The van der Waals surface area contributed by atoms with Crippen LogP contribution in [0.3, 0.4) is 0 Å². The van der Waals surface area contributed by atoms with Gasteiger partial charge in [-0.3, -0.25) is 0 Å². The maximum atomic E-state index is 4.78. The van der Waals surface area contributed by atoms with Crippen molar-refractivity contribution in [3.63, 3.8) is 0 Å². The van der Waals surface area contributed by atoms with Gasteiger partial charge in [0.1, 0.15) is 22.9 Å². The fourth-order valence-corrected chi connectivity index (χ4v) is 3.00. The number of rotatable bonds is 5. The Morgan fingerprint density at radius 3 is 2.12 bits per heavy atom. The number of aromatic amines is 1. The predicted molar refractivity (Wildman–Crippen MR) is 95.8 cm³/mol. The molecule has 24 heavy (non-hydrogen) atoms. The summed E-state index contributed by atoms with van der Waals surface area (Å²) < 4.78 is 0. The smallest absolute Gasteiger partial charge is 0.134 e. The van der Waals surface area contributed by atoms with E-state index in [1.54, 1.807) is 0 Å². The molecule has 2 aromatic heterocycles. The standard InChI is InChI=1S/C19H21N5/c1-13(2)11-12-18(19-20-14-7-3-4-8-15(14)21-19)24-22-16-9-5-6-10-17(16)23-24/h3-10,13,18H,11-12H2,1-2H3,(H,20,21). The van der Waals surface area contributed by atoms with E-state index in [1.165, 1.54) is 0 Å². The van der Waals surface area contributed by atoms with Gasteiger partial charge >= 0.3 is 0 Å². The van der Waals surface area contributed by atoms with E-state index in [0.717, 1.165) is 40.7 Å². The first kappa shape index (κ1) is 14.9. The number of para-hydroxylation sites is 2. The minimum atomic E-state index is 0.0206. The maximum absolute atomic E-state index is 4.78. The van der Waals surface area contributed by atoms with Crippen LogP contribution in [0.2, 0.25) is 0 Å². The van der Waals surface area contributed by atoms with Crippen LogP contribution < -0.4 is 0 Å². The summed E-state index contributed by atoms with van der Waals surface area (Å²) in [4.78, 5) is 10.1. The van der Waals surface area contributed by atoms with Crippen LogP contribution in [0.25, 0.3) is 22.1 Å². The van der Waals surface area contributed by atoms with Gasteiger partial charge in [-0.15, -0.1) is 0 Å². The number of benzene rings is 2. The highest BCUT2D eigenvalue weighted by Crippen LogP contribution is 2.25. The molecule has 0 aliphatic heterocycles. The molecule has 0 aliphatic carbocycles. The van der Waals surface area contributed by atoms with Gasteiger partial charge < -0.3 is 4.98 Å². The largest absolute Gasteiger partial charge is 0.340 e. The summed E-state index contributed by atoms with van der Waals surface area (Å²) in [7, 11) is 0. The zero-order chi connectivity index (χ0) is 16.5. The first-order valence-electron chi connectivity index (χ1n) is 8.47. The molecule has 0 saturated heterocycles. The van der Waals surface area contributed by atoms with E-state index in [-0.39, 0.29) is 6.04 Å². The van der Waals surface area contributed by atoms with Crippen molar-refractivity contribution in [2.45, 2.75) is 32.7 Å². The van der Waals surface area contributed by atoms with Crippen LogP contribution in [-0.4, -0.2) is 25.0 Å². The SMILES string of the molecule is CC(C)CCC(c1nc2ccccc2[nH]1)n1nc2ccccc2n1. The highest BCUT2D eigenvalue weighted by Gasteiger charge is 2.21. The molecule has 5 heteroatoms. The number of aromatic nitrogens is 5. The molecule has 5 nitrogen and oxygen atoms in total. The molecule has 0 fully saturated rings. The molecule has 0 radical (unpaired) electrons. The summed E-state index contributed by atoms with van der Waals surface area (Å²) in [6.45, 7) is 4.48. The van der Waals surface area contributed by atoms with E-state index in [2.05, 4.69) is 35.1 Å². The number of H-pyrrole nitrogens is 1. The maximum Gasteiger partial charge on any atom is 0.134 e. The molecule has 4 aromatic rings. The second-order valence-corrected chi connectivity index (χ2v) is 6.64. The summed E-state index contributed by atoms with van der Waals surface area (Å²) in [5.74, 6) is 1.55. The van der Waals surface area contributed by atoms with E-state index in [0.29, 0.717) is 5.92 Å². The van der Waals surface area contributed by atoms with E-state index in [4.69, 9.17) is 4.98 Å². The lowest BCUT2D eigenvalue weighted by atomic mass is 10.0. The lowest BCUT2D eigenvalue weighted by molar-refractivity contribution is 0.389. The normalized spacial score (nSPS) is 13.1. The average molecular weight is 319 g/mol. The van der Waals surface area contributed by atoms with Crippen molar-refractivity contribution in [2.24, 2.45) is 5.92 Å². The van der Waals surface area contributed by atoms with Crippen LogP contribution in [0.1, 0.15) is 38.6 Å². The predicted octanol–water partition coefficient (Wildman–Crippen LogP) is 4.33. The fraction of sp³-hybridized carbons (Fsp3) is 0.316. The van der Waals surface area contributed by atoms with Gasteiger partial charge in [-0.2, -0.15) is 15.0 Å². The summed E-state index contributed by atoms with van der Waals surface area (Å²) in [6.07, 6.45) is 2.05. The van der Waals surface area contributed by atoms with Crippen LogP contribution >= 0.6 is 0 Å². The van der Waals surface area contributed by atoms with Gasteiger partial charge in [0, 0.05) is 0 Å². The second kappa shape index (κ2) is 6.07. The summed E-state index contributed by atoms with van der Waals surface area (Å²) in [5.41, 5.74) is 3.88. The Balaban J connectivity index is 1.77. The van der Waals surface area contributed by atoms with Crippen LogP contribution in [0.4, 0.5) is 0 Å². The van der Waals surface area contributed by atoms with E-state index >= 15 is 0 Å². The Hall–Kier alpha value is -2.69. The quantitative estimate of drug-likeness (QED) is 0.595. The Labute approximate surface area is 140 Å². The molecule has 0 bridgehead atoms. The third kappa shape index (κ3) is 2.77. The summed E-state index contributed by atoms with van der Waals surface area (Å²) in [5, 5.41) is 9.37. The topological polar surface area (TPSA) is 59.4 Å². The van der Waals surface area contributed by atoms with Gasteiger partial charge in [0.25, 0.3) is 0 Å². The Bertz CT molecular complexity index is 826. The number of nitrogens with one attached hydrogen (secondary N) is 1. The van der Waals surface area contributed by atoms with Crippen molar-refractivity contribution < 1.29 is 0 Å². The molecule has 122 valence electrons. The van der Waals surface area contributed by atoms with Crippen molar-refractivity contribution in [3.05, 3.63) is 54.4 Å². The van der Waals surface area contributed by atoms with Crippen LogP contribution in [-0.2, 0) is 0 Å². The lowest BCUT2D eigenvalue weighted by Gasteiger charge is -2.15. The van der Waals surface area contributed by atoms with Crippen molar-refractivity contribution in [1.29, 1.82) is 0 Å². The second-order valence-electron chi connectivity index (χ2n) is 6.64. The minimum absolute atomic E-state index is 0.0206. The molecule has 2 heterocycles. The van der Waals surface area contributed by atoms with Gasteiger partial charge in [0.2, 0.25) is 0 Å². The average Bonchev–Trinajstić information content (AvgIpc) is 3.18. The number of imidazole rings is 1. The zero-order valence-corrected chi connectivity index (χ0v) is 14.0. The van der Waals surface area contributed by atoms with Gasteiger partial charge in [0.15, 0.2) is 0 Å². The van der Waals surface area contributed by atoms with Crippen molar-refractivity contribution in [2.75, 3.05) is 0 Å². The summed E-state index contributed by atoms with van der Waals surface area (Å²) >= 11 is 0. The first-order valence-corrected chi connectivity index (χ1v) is 8.47. The van der Waals surface area contributed by atoms with E-state index < -0.39 is 0 Å². The molecule has 0 amide bonds. The van der Waals surface area contributed by atoms with E-state index in [9.17, 15) is 0 Å². The number of nitrogens with zero attached hydrogens (tertiary/aromatic N) is 4.